The predicted octanol–water partition coefficient (Wildman–Crippen LogP) is 1.04. The molecular weight excluding hydrogens is 326 g/mol. The van der Waals surface area contributed by atoms with E-state index in [1.165, 1.54) is 0 Å². The number of ether oxygens (including phenoxy) is 2. The zero-order valence-electron chi connectivity index (χ0n) is 15.0. The van der Waals surface area contributed by atoms with E-state index in [-0.39, 0.29) is 19.6 Å². The number of amides is 2. The largest absolute Gasteiger partial charge is 0.391 e. The first-order chi connectivity index (χ1) is 11.9. The van der Waals surface area contributed by atoms with Gasteiger partial charge in [0.15, 0.2) is 0 Å². The highest BCUT2D eigenvalue weighted by Gasteiger charge is 2.15. The number of rotatable bonds is 14. The van der Waals surface area contributed by atoms with E-state index in [1.54, 1.807) is 19.1 Å². The minimum Gasteiger partial charge on any atom is -0.391 e. The van der Waals surface area contributed by atoms with Crippen LogP contribution in [0.5, 0.6) is 0 Å². The van der Waals surface area contributed by atoms with Gasteiger partial charge in [-0.05, 0) is 19.8 Å². The van der Waals surface area contributed by atoms with Crippen LogP contribution in [0.4, 0.5) is 4.79 Å². The number of carbonyl (C=O) groups excluding carboxylic acids is 1. The molecular formula is C17H31N3O5. The summed E-state index contributed by atoms with van der Waals surface area (Å²) < 4.78 is 10.4. The van der Waals surface area contributed by atoms with E-state index in [1.807, 2.05) is 0 Å². The maximum atomic E-state index is 11.9. The smallest absolute Gasteiger partial charge is 0.357 e. The number of hydrogen-bond acceptors (Lipinski definition) is 6. The highest BCUT2D eigenvalue weighted by atomic mass is 16.5. The van der Waals surface area contributed by atoms with Gasteiger partial charge in [0.25, 0.3) is 0 Å². The lowest BCUT2D eigenvalue weighted by atomic mass is 10.1. The van der Waals surface area contributed by atoms with Crippen molar-refractivity contribution in [2.24, 2.45) is 10.8 Å². The van der Waals surface area contributed by atoms with Crippen LogP contribution in [0.3, 0.4) is 0 Å². The third kappa shape index (κ3) is 12.4. The summed E-state index contributed by atoms with van der Waals surface area (Å²) in [6.07, 6.45) is 2.50. The molecule has 0 heterocycles. The van der Waals surface area contributed by atoms with Gasteiger partial charge in [0, 0.05) is 18.7 Å². The number of hydrazine groups is 1. The topological polar surface area (TPSA) is 118 Å². The Morgan fingerprint density at radius 3 is 2.28 bits per heavy atom. The lowest BCUT2D eigenvalue weighted by molar-refractivity contribution is 0.0445. The van der Waals surface area contributed by atoms with Gasteiger partial charge in [0.2, 0.25) is 0 Å². The number of aliphatic imine (C=N–C) groups is 1. The van der Waals surface area contributed by atoms with Crippen molar-refractivity contribution in [3.05, 3.63) is 25.3 Å². The van der Waals surface area contributed by atoms with Crippen molar-refractivity contribution in [1.82, 2.24) is 5.01 Å². The first kappa shape index (κ1) is 23.4. The average Bonchev–Trinajstić information content (AvgIpc) is 2.59. The molecule has 2 amide bonds. The summed E-state index contributed by atoms with van der Waals surface area (Å²) in [5, 5.41) is 20.9. The Morgan fingerprint density at radius 1 is 1.20 bits per heavy atom. The fourth-order valence-corrected chi connectivity index (χ4v) is 1.86. The molecule has 0 aromatic carbocycles. The second-order valence-electron chi connectivity index (χ2n) is 5.45. The summed E-state index contributed by atoms with van der Waals surface area (Å²) in [6, 6.07) is -0.589. The van der Waals surface area contributed by atoms with Gasteiger partial charge in [-0.2, -0.15) is 0 Å². The van der Waals surface area contributed by atoms with Crippen LogP contribution < -0.4 is 5.84 Å². The third-order valence-corrected chi connectivity index (χ3v) is 3.17. The van der Waals surface area contributed by atoms with Gasteiger partial charge in [-0.15, -0.1) is 13.2 Å². The number of nitrogens with two attached hydrogens (primary N) is 1. The van der Waals surface area contributed by atoms with E-state index in [0.717, 1.165) is 5.01 Å². The second kappa shape index (κ2) is 14.7. The van der Waals surface area contributed by atoms with Gasteiger partial charge in [-0.1, -0.05) is 12.2 Å². The monoisotopic (exact) mass is 357 g/mol. The van der Waals surface area contributed by atoms with Crippen molar-refractivity contribution in [3.63, 3.8) is 0 Å². The van der Waals surface area contributed by atoms with Crippen molar-refractivity contribution in [2.45, 2.75) is 38.4 Å². The van der Waals surface area contributed by atoms with Crippen LogP contribution in [-0.4, -0.2) is 72.1 Å². The van der Waals surface area contributed by atoms with Gasteiger partial charge in [0.05, 0.1) is 38.6 Å². The molecule has 25 heavy (non-hydrogen) atoms. The molecule has 0 radical (unpaired) electrons. The Bertz CT molecular complexity index is 429. The molecule has 0 aliphatic rings. The van der Waals surface area contributed by atoms with Crippen LogP contribution in [0.2, 0.25) is 0 Å². The Kier molecular flexibility index (Phi) is 13.8. The lowest BCUT2D eigenvalue weighted by Gasteiger charge is -2.16. The molecule has 144 valence electrons. The number of nitrogens with zero attached hydrogens (tertiary/aromatic N) is 2. The zero-order chi connectivity index (χ0) is 19.1. The molecule has 0 spiro atoms. The molecule has 0 saturated carbocycles. The maximum Gasteiger partial charge on any atom is 0.357 e. The standard InChI is InChI=1S/C17H31N3O5/c1-4-9-24-12-15(21)8-7-14(19-17(23)20(18)6-3)11-16(22)13-25-10-5-2/h4-5,15-16,21-22H,1-2,6-13,18H2,3H3. The highest BCUT2D eigenvalue weighted by molar-refractivity contribution is 5.95. The summed E-state index contributed by atoms with van der Waals surface area (Å²) in [7, 11) is 0. The Balaban J connectivity index is 4.66. The number of carbonyl (C=O) groups is 1. The van der Waals surface area contributed by atoms with Gasteiger partial charge >= 0.3 is 6.03 Å². The van der Waals surface area contributed by atoms with E-state index in [9.17, 15) is 15.0 Å². The maximum absolute atomic E-state index is 11.9. The molecule has 0 bridgehead atoms. The van der Waals surface area contributed by atoms with Crippen molar-refractivity contribution in [2.75, 3.05) is 33.0 Å². The van der Waals surface area contributed by atoms with E-state index in [2.05, 4.69) is 18.2 Å². The van der Waals surface area contributed by atoms with Crippen LogP contribution in [-0.2, 0) is 9.47 Å². The quantitative estimate of drug-likeness (QED) is 0.107. The number of aliphatic hydroxyl groups excluding tert-OH is 2. The van der Waals surface area contributed by atoms with E-state index in [4.69, 9.17) is 15.3 Å². The Labute approximate surface area is 149 Å². The SMILES string of the molecule is C=CCOCC(O)CCC(CC(O)COCC=C)=NC(=O)N(N)CC. The number of urea groups is 1. The molecule has 0 aliphatic carbocycles. The van der Waals surface area contributed by atoms with Crippen molar-refractivity contribution in [3.8, 4) is 0 Å². The molecule has 0 fully saturated rings. The van der Waals surface area contributed by atoms with Crippen LogP contribution in [0.1, 0.15) is 26.2 Å². The summed E-state index contributed by atoms with van der Waals surface area (Å²) in [6.45, 7) is 10.0. The molecule has 0 aliphatic heterocycles. The predicted molar refractivity (Wildman–Crippen MR) is 97.3 cm³/mol. The molecule has 0 aromatic rings. The normalized spacial score (nSPS) is 14.0. The average molecular weight is 357 g/mol. The van der Waals surface area contributed by atoms with E-state index < -0.39 is 18.2 Å². The van der Waals surface area contributed by atoms with E-state index in [0.29, 0.717) is 38.3 Å². The van der Waals surface area contributed by atoms with Crippen molar-refractivity contribution in [1.29, 1.82) is 0 Å². The summed E-state index contributed by atoms with van der Waals surface area (Å²) in [5.74, 6) is 5.53. The minimum absolute atomic E-state index is 0.102. The molecule has 0 aromatic heterocycles. The van der Waals surface area contributed by atoms with Crippen molar-refractivity contribution < 1.29 is 24.5 Å². The molecule has 8 heteroatoms. The van der Waals surface area contributed by atoms with Gasteiger partial charge in [-0.25, -0.2) is 15.6 Å². The highest BCUT2D eigenvalue weighted by Crippen LogP contribution is 2.08. The summed E-state index contributed by atoms with van der Waals surface area (Å²) in [4.78, 5) is 15.8. The second-order valence-corrected chi connectivity index (χ2v) is 5.45. The minimum atomic E-state index is -0.812. The molecule has 2 atom stereocenters. The zero-order valence-corrected chi connectivity index (χ0v) is 15.0. The summed E-state index contributed by atoms with van der Waals surface area (Å²) in [5.41, 5.74) is 0.450. The molecule has 8 nitrogen and oxygen atoms in total. The Morgan fingerprint density at radius 2 is 1.76 bits per heavy atom. The molecule has 0 rings (SSSR count). The number of aliphatic hydroxyl groups is 2. The summed E-state index contributed by atoms with van der Waals surface area (Å²) >= 11 is 0. The fraction of sp³-hybridized carbons (Fsp3) is 0.647. The Hall–Kier alpha value is -1.58. The molecule has 0 saturated heterocycles. The fourth-order valence-electron chi connectivity index (χ4n) is 1.86. The van der Waals surface area contributed by atoms with Crippen LogP contribution >= 0.6 is 0 Å². The first-order valence-electron chi connectivity index (χ1n) is 8.30. The number of hydrogen-bond donors (Lipinski definition) is 3. The van der Waals surface area contributed by atoms with Crippen LogP contribution in [0, 0.1) is 0 Å². The van der Waals surface area contributed by atoms with Crippen molar-refractivity contribution >= 4 is 11.7 Å². The van der Waals surface area contributed by atoms with Crippen LogP contribution in [0.25, 0.3) is 0 Å². The van der Waals surface area contributed by atoms with E-state index >= 15 is 0 Å². The van der Waals surface area contributed by atoms with Crippen LogP contribution in [0.15, 0.2) is 30.3 Å². The first-order valence-corrected chi connectivity index (χ1v) is 8.30. The molecule has 2 unspecified atom stereocenters. The van der Waals surface area contributed by atoms with Gasteiger partial charge in [0.1, 0.15) is 0 Å². The third-order valence-electron chi connectivity index (χ3n) is 3.17. The van der Waals surface area contributed by atoms with Gasteiger partial charge < -0.3 is 19.7 Å². The lowest BCUT2D eigenvalue weighted by Crippen LogP contribution is -2.35. The van der Waals surface area contributed by atoms with Gasteiger partial charge in [-0.3, -0.25) is 5.01 Å². The molecule has 4 N–H and O–H groups in total.